The molecule has 0 N–H and O–H groups in total. The molecule has 0 unspecified atom stereocenters. The first-order valence-corrected chi connectivity index (χ1v) is 7.83. The van der Waals surface area contributed by atoms with Crippen molar-refractivity contribution in [3.8, 4) is 11.4 Å². The van der Waals surface area contributed by atoms with E-state index < -0.39 is 0 Å². The lowest BCUT2D eigenvalue weighted by Crippen LogP contribution is -2.01. The summed E-state index contributed by atoms with van der Waals surface area (Å²) in [5.41, 5.74) is 2.36. The summed E-state index contributed by atoms with van der Waals surface area (Å²) < 4.78 is 4.31. The first-order chi connectivity index (χ1) is 9.74. The summed E-state index contributed by atoms with van der Waals surface area (Å²) in [4.78, 5) is 4.48. The third kappa shape index (κ3) is 2.86. The number of aromatic nitrogens is 2. The van der Waals surface area contributed by atoms with Gasteiger partial charge in [0.05, 0.1) is 0 Å². The highest BCUT2D eigenvalue weighted by Crippen LogP contribution is 2.27. The number of rotatable bonds is 3. The Bertz CT molecular complexity index is 717. The maximum atomic E-state index is 4.48. The minimum Gasteiger partial charge on any atom is -0.327 e. The summed E-state index contributed by atoms with van der Waals surface area (Å²) >= 11 is 7.05. The van der Waals surface area contributed by atoms with Gasteiger partial charge in [-0.15, -0.1) is 0 Å². The lowest BCUT2D eigenvalue weighted by atomic mass is 10.2. The van der Waals surface area contributed by atoms with Gasteiger partial charge in [0.25, 0.3) is 0 Å². The number of hydrogen-bond donors (Lipinski definition) is 0. The average molecular weight is 392 g/mol. The van der Waals surface area contributed by atoms with Crippen LogP contribution in [-0.2, 0) is 6.54 Å². The molecule has 0 radical (unpaired) electrons. The molecule has 0 aliphatic rings. The minimum atomic E-state index is 0.809. The monoisotopic (exact) mass is 390 g/mol. The summed E-state index contributed by atoms with van der Waals surface area (Å²) in [6.45, 7) is 0.809. The molecule has 0 aliphatic carbocycles. The minimum absolute atomic E-state index is 0.809. The van der Waals surface area contributed by atoms with Crippen molar-refractivity contribution >= 4 is 31.9 Å². The molecule has 0 amide bonds. The van der Waals surface area contributed by atoms with Crippen molar-refractivity contribution < 1.29 is 0 Å². The van der Waals surface area contributed by atoms with E-state index in [9.17, 15) is 0 Å². The molecule has 100 valence electrons. The number of benzene rings is 2. The normalized spacial score (nSPS) is 10.7. The maximum absolute atomic E-state index is 4.48. The van der Waals surface area contributed by atoms with Gasteiger partial charge in [-0.05, 0) is 23.8 Å². The molecule has 0 atom stereocenters. The zero-order valence-electron chi connectivity index (χ0n) is 10.6. The van der Waals surface area contributed by atoms with Gasteiger partial charge in [-0.3, -0.25) is 0 Å². The van der Waals surface area contributed by atoms with Crippen LogP contribution in [0, 0.1) is 0 Å². The van der Waals surface area contributed by atoms with Crippen molar-refractivity contribution in [2.24, 2.45) is 0 Å². The number of imidazole rings is 1. The summed E-state index contributed by atoms with van der Waals surface area (Å²) in [6, 6.07) is 16.5. The number of hydrogen-bond acceptors (Lipinski definition) is 1. The first kappa shape index (κ1) is 13.6. The molecule has 3 aromatic rings. The van der Waals surface area contributed by atoms with Crippen LogP contribution in [0.2, 0.25) is 0 Å². The molecule has 2 nitrogen and oxygen atoms in total. The molecule has 0 bridgehead atoms. The summed E-state index contributed by atoms with van der Waals surface area (Å²) in [5, 5.41) is 0. The fourth-order valence-corrected chi connectivity index (χ4v) is 2.84. The summed E-state index contributed by atoms with van der Waals surface area (Å²) in [6.07, 6.45) is 3.85. The molecule has 2 aromatic carbocycles. The molecule has 3 rings (SSSR count). The first-order valence-electron chi connectivity index (χ1n) is 6.24. The topological polar surface area (TPSA) is 17.8 Å². The van der Waals surface area contributed by atoms with Crippen molar-refractivity contribution in [3.63, 3.8) is 0 Å². The molecular formula is C16H12Br2N2. The highest BCUT2D eigenvalue weighted by atomic mass is 79.9. The second kappa shape index (κ2) is 5.94. The van der Waals surface area contributed by atoms with Crippen molar-refractivity contribution in [1.82, 2.24) is 9.55 Å². The predicted molar refractivity (Wildman–Crippen MR) is 88.6 cm³/mol. The van der Waals surface area contributed by atoms with E-state index in [1.165, 1.54) is 5.56 Å². The Kier molecular flexibility index (Phi) is 4.03. The Morgan fingerprint density at radius 1 is 0.950 bits per heavy atom. The van der Waals surface area contributed by atoms with Crippen molar-refractivity contribution in [1.29, 1.82) is 0 Å². The summed E-state index contributed by atoms with van der Waals surface area (Å²) in [5.74, 6) is 0.973. The Labute approximate surface area is 134 Å². The van der Waals surface area contributed by atoms with E-state index in [0.29, 0.717) is 0 Å². The molecule has 0 fully saturated rings. The predicted octanol–water partition coefficient (Wildman–Crippen LogP) is 5.12. The van der Waals surface area contributed by atoms with E-state index in [4.69, 9.17) is 0 Å². The van der Waals surface area contributed by atoms with E-state index in [1.807, 2.05) is 30.6 Å². The lowest BCUT2D eigenvalue weighted by molar-refractivity contribution is 0.806. The van der Waals surface area contributed by atoms with Crippen LogP contribution in [-0.4, -0.2) is 9.55 Å². The Balaban J connectivity index is 1.95. The fourth-order valence-electron chi connectivity index (χ4n) is 2.11. The number of halogens is 2. The third-order valence-electron chi connectivity index (χ3n) is 3.10. The smallest absolute Gasteiger partial charge is 0.141 e. The van der Waals surface area contributed by atoms with Crippen LogP contribution < -0.4 is 0 Å². The van der Waals surface area contributed by atoms with Gasteiger partial charge >= 0.3 is 0 Å². The Hall–Kier alpha value is -1.39. The molecule has 0 saturated carbocycles. The van der Waals surface area contributed by atoms with Gasteiger partial charge < -0.3 is 4.57 Å². The van der Waals surface area contributed by atoms with Gasteiger partial charge in [0, 0.05) is 33.4 Å². The Morgan fingerprint density at radius 3 is 2.45 bits per heavy atom. The van der Waals surface area contributed by atoms with Crippen LogP contribution in [0.25, 0.3) is 11.4 Å². The molecule has 4 heteroatoms. The Morgan fingerprint density at radius 2 is 1.70 bits per heavy atom. The van der Waals surface area contributed by atoms with Crippen LogP contribution in [0.15, 0.2) is 69.9 Å². The molecule has 20 heavy (non-hydrogen) atoms. The van der Waals surface area contributed by atoms with Crippen molar-refractivity contribution in [3.05, 3.63) is 75.4 Å². The zero-order valence-corrected chi connectivity index (χ0v) is 13.8. The van der Waals surface area contributed by atoms with Crippen molar-refractivity contribution in [2.75, 3.05) is 0 Å². The van der Waals surface area contributed by atoms with E-state index in [2.05, 4.69) is 71.7 Å². The van der Waals surface area contributed by atoms with Gasteiger partial charge in [-0.25, -0.2) is 4.98 Å². The molecule has 0 spiro atoms. The number of nitrogens with zero attached hydrogens (tertiary/aromatic N) is 2. The van der Waals surface area contributed by atoms with Gasteiger partial charge in [-0.2, -0.15) is 0 Å². The quantitative estimate of drug-likeness (QED) is 0.605. The summed E-state index contributed by atoms with van der Waals surface area (Å²) in [7, 11) is 0. The van der Waals surface area contributed by atoms with Crippen LogP contribution in [0.4, 0.5) is 0 Å². The van der Waals surface area contributed by atoms with Crippen LogP contribution >= 0.6 is 31.9 Å². The van der Waals surface area contributed by atoms with E-state index in [-0.39, 0.29) is 0 Å². The van der Waals surface area contributed by atoms with Crippen LogP contribution in [0.1, 0.15) is 5.56 Å². The van der Waals surface area contributed by atoms with E-state index >= 15 is 0 Å². The molecular weight excluding hydrogens is 380 g/mol. The standard InChI is InChI=1S/C16H12Br2N2/c17-13-7-5-12(6-8-13)11-20-10-9-19-16(20)14-3-1-2-4-15(14)18/h1-10H,11H2. The average Bonchev–Trinajstić information content (AvgIpc) is 2.90. The van der Waals surface area contributed by atoms with Gasteiger partial charge in [0.15, 0.2) is 0 Å². The van der Waals surface area contributed by atoms with Gasteiger partial charge in [0.2, 0.25) is 0 Å². The highest BCUT2D eigenvalue weighted by Gasteiger charge is 2.09. The molecule has 1 heterocycles. The molecule has 1 aromatic heterocycles. The SMILES string of the molecule is Brc1ccc(Cn2ccnc2-c2ccccc2Br)cc1. The van der Waals surface area contributed by atoms with Crippen LogP contribution in [0.5, 0.6) is 0 Å². The van der Waals surface area contributed by atoms with Gasteiger partial charge in [0.1, 0.15) is 5.82 Å². The third-order valence-corrected chi connectivity index (χ3v) is 4.32. The molecule has 0 aliphatic heterocycles. The second-order valence-electron chi connectivity index (χ2n) is 4.49. The maximum Gasteiger partial charge on any atom is 0.141 e. The molecule has 0 saturated heterocycles. The largest absolute Gasteiger partial charge is 0.327 e. The lowest BCUT2D eigenvalue weighted by Gasteiger charge is -2.09. The van der Waals surface area contributed by atoms with Crippen molar-refractivity contribution in [2.45, 2.75) is 6.54 Å². The second-order valence-corrected chi connectivity index (χ2v) is 6.26. The fraction of sp³-hybridized carbons (Fsp3) is 0.0625. The zero-order chi connectivity index (χ0) is 13.9. The highest BCUT2D eigenvalue weighted by molar-refractivity contribution is 9.10. The van der Waals surface area contributed by atoms with Crippen LogP contribution in [0.3, 0.4) is 0 Å². The van der Waals surface area contributed by atoms with Gasteiger partial charge in [-0.1, -0.05) is 62.2 Å². The van der Waals surface area contributed by atoms with E-state index in [1.54, 1.807) is 0 Å². The van der Waals surface area contributed by atoms with E-state index in [0.717, 1.165) is 26.9 Å².